The van der Waals surface area contributed by atoms with Gasteiger partial charge in [-0.05, 0) is 40.2 Å². The Hall–Kier alpha value is -2.41. The van der Waals surface area contributed by atoms with Crippen LogP contribution in [0.4, 0.5) is 10.1 Å². The van der Waals surface area contributed by atoms with Gasteiger partial charge in [-0.15, -0.1) is 0 Å². The predicted octanol–water partition coefficient (Wildman–Crippen LogP) is 3.24. The number of carboxylic acid groups (broad SMARTS) is 1. The van der Waals surface area contributed by atoms with E-state index in [9.17, 15) is 19.1 Å². The third kappa shape index (κ3) is 3.19. The van der Waals surface area contributed by atoms with Crippen molar-refractivity contribution in [3.05, 3.63) is 57.8 Å². The van der Waals surface area contributed by atoms with E-state index in [2.05, 4.69) is 21.2 Å². The van der Waals surface area contributed by atoms with Crippen molar-refractivity contribution in [3.8, 4) is 5.75 Å². The molecule has 7 heteroatoms. The second-order valence-corrected chi connectivity index (χ2v) is 4.94. The minimum atomic E-state index is -1.21. The first kappa shape index (κ1) is 15.0. The van der Waals surface area contributed by atoms with Crippen molar-refractivity contribution in [2.45, 2.75) is 0 Å². The molecule has 0 heterocycles. The number of carbonyl (C=O) groups excluding carboxylic acids is 1. The molecule has 5 nitrogen and oxygen atoms in total. The van der Waals surface area contributed by atoms with Gasteiger partial charge in [0.25, 0.3) is 5.91 Å². The van der Waals surface area contributed by atoms with Crippen LogP contribution in [-0.2, 0) is 0 Å². The van der Waals surface area contributed by atoms with Crippen LogP contribution in [0, 0.1) is 5.82 Å². The summed E-state index contributed by atoms with van der Waals surface area (Å²) in [7, 11) is 0. The Morgan fingerprint density at radius 1 is 1.14 bits per heavy atom. The quantitative estimate of drug-likeness (QED) is 0.790. The molecule has 0 aromatic heterocycles. The molecule has 0 saturated heterocycles. The van der Waals surface area contributed by atoms with Crippen molar-refractivity contribution in [1.29, 1.82) is 0 Å². The second-order valence-electron chi connectivity index (χ2n) is 4.08. The fraction of sp³-hybridized carbons (Fsp3) is 0. The Balaban J connectivity index is 2.38. The first-order valence-corrected chi connectivity index (χ1v) is 6.51. The lowest BCUT2D eigenvalue weighted by Gasteiger charge is -2.11. The SMILES string of the molecule is O=C(Nc1c(Br)cccc1C(=O)O)c1ccc(F)cc1O. The van der Waals surface area contributed by atoms with Crippen LogP contribution in [0.25, 0.3) is 0 Å². The number of hydrogen-bond acceptors (Lipinski definition) is 3. The number of rotatable bonds is 3. The van der Waals surface area contributed by atoms with E-state index in [1.807, 2.05) is 0 Å². The summed E-state index contributed by atoms with van der Waals surface area (Å²) < 4.78 is 13.3. The van der Waals surface area contributed by atoms with Crippen molar-refractivity contribution in [2.24, 2.45) is 0 Å². The lowest BCUT2D eigenvalue weighted by molar-refractivity contribution is 0.0698. The molecule has 0 bridgehead atoms. The summed E-state index contributed by atoms with van der Waals surface area (Å²) in [6, 6.07) is 7.33. The summed E-state index contributed by atoms with van der Waals surface area (Å²) in [6.07, 6.45) is 0. The Kier molecular flexibility index (Phi) is 4.23. The van der Waals surface area contributed by atoms with E-state index in [0.29, 0.717) is 4.47 Å². The lowest BCUT2D eigenvalue weighted by atomic mass is 10.1. The molecule has 3 N–H and O–H groups in total. The van der Waals surface area contributed by atoms with Crippen LogP contribution in [0.3, 0.4) is 0 Å². The van der Waals surface area contributed by atoms with Crippen LogP contribution < -0.4 is 5.32 Å². The van der Waals surface area contributed by atoms with Crippen molar-refractivity contribution >= 4 is 33.5 Å². The summed E-state index contributed by atoms with van der Waals surface area (Å²) in [5.41, 5.74) is -0.221. The highest BCUT2D eigenvalue weighted by Crippen LogP contribution is 2.28. The van der Waals surface area contributed by atoms with Crippen LogP contribution in [0.1, 0.15) is 20.7 Å². The van der Waals surface area contributed by atoms with Gasteiger partial charge in [-0.2, -0.15) is 0 Å². The number of carboxylic acids is 1. The monoisotopic (exact) mass is 353 g/mol. The number of aromatic carboxylic acids is 1. The molecule has 108 valence electrons. The average molecular weight is 354 g/mol. The van der Waals surface area contributed by atoms with E-state index in [0.717, 1.165) is 18.2 Å². The van der Waals surface area contributed by atoms with Crippen molar-refractivity contribution in [2.75, 3.05) is 5.32 Å². The number of amides is 1. The number of phenolic OH excluding ortho intramolecular Hbond substituents is 1. The van der Waals surface area contributed by atoms with E-state index in [1.165, 1.54) is 12.1 Å². The van der Waals surface area contributed by atoms with Crippen molar-refractivity contribution in [1.82, 2.24) is 0 Å². The third-order valence-electron chi connectivity index (χ3n) is 2.69. The van der Waals surface area contributed by atoms with Gasteiger partial charge in [0.15, 0.2) is 0 Å². The van der Waals surface area contributed by atoms with Gasteiger partial charge in [-0.25, -0.2) is 9.18 Å². The molecule has 0 aliphatic rings. The van der Waals surface area contributed by atoms with Gasteiger partial charge in [0, 0.05) is 10.5 Å². The van der Waals surface area contributed by atoms with Gasteiger partial charge in [0.05, 0.1) is 16.8 Å². The Bertz CT molecular complexity index is 733. The maximum Gasteiger partial charge on any atom is 0.337 e. The topological polar surface area (TPSA) is 86.6 Å². The van der Waals surface area contributed by atoms with Gasteiger partial charge in [-0.1, -0.05) is 6.07 Å². The highest BCUT2D eigenvalue weighted by molar-refractivity contribution is 9.10. The Labute approximate surface area is 127 Å². The van der Waals surface area contributed by atoms with E-state index < -0.39 is 23.4 Å². The zero-order valence-corrected chi connectivity index (χ0v) is 12.0. The van der Waals surface area contributed by atoms with Gasteiger partial charge >= 0.3 is 5.97 Å². The van der Waals surface area contributed by atoms with Crippen molar-refractivity contribution in [3.63, 3.8) is 0 Å². The minimum absolute atomic E-state index is 0.0544. The molecule has 1 amide bonds. The van der Waals surface area contributed by atoms with E-state index >= 15 is 0 Å². The first-order chi connectivity index (χ1) is 9.90. The normalized spacial score (nSPS) is 10.2. The molecular formula is C14H9BrFNO4. The average Bonchev–Trinajstić information content (AvgIpc) is 2.40. The fourth-order valence-corrected chi connectivity index (χ4v) is 2.17. The maximum absolute atomic E-state index is 12.9. The molecule has 0 radical (unpaired) electrons. The highest BCUT2D eigenvalue weighted by atomic mass is 79.9. The summed E-state index contributed by atoms with van der Waals surface area (Å²) in [4.78, 5) is 23.2. The first-order valence-electron chi connectivity index (χ1n) is 5.72. The molecule has 2 rings (SSSR count). The van der Waals surface area contributed by atoms with Crippen LogP contribution >= 0.6 is 15.9 Å². The molecule has 0 unspecified atom stereocenters. The van der Waals surface area contributed by atoms with Gasteiger partial charge in [0.1, 0.15) is 11.6 Å². The molecule has 0 aliphatic carbocycles. The molecule has 0 spiro atoms. The molecule has 2 aromatic carbocycles. The number of para-hydroxylation sites is 1. The molecular weight excluding hydrogens is 345 g/mol. The smallest absolute Gasteiger partial charge is 0.337 e. The highest BCUT2D eigenvalue weighted by Gasteiger charge is 2.18. The van der Waals surface area contributed by atoms with Crippen LogP contribution in [0.15, 0.2) is 40.9 Å². The summed E-state index contributed by atoms with van der Waals surface area (Å²) >= 11 is 3.15. The molecule has 0 atom stereocenters. The van der Waals surface area contributed by atoms with Crippen LogP contribution in [0.5, 0.6) is 5.75 Å². The van der Waals surface area contributed by atoms with E-state index in [1.54, 1.807) is 6.07 Å². The number of anilines is 1. The summed E-state index contributed by atoms with van der Waals surface area (Å²) in [5.74, 6) is -3.18. The second kappa shape index (κ2) is 5.92. The molecule has 0 saturated carbocycles. The Morgan fingerprint density at radius 2 is 1.86 bits per heavy atom. The number of hydrogen-bond donors (Lipinski definition) is 3. The van der Waals surface area contributed by atoms with Crippen LogP contribution in [-0.4, -0.2) is 22.1 Å². The summed E-state index contributed by atoms with van der Waals surface area (Å²) in [5, 5.41) is 21.0. The number of phenols is 1. The number of nitrogens with one attached hydrogen (secondary N) is 1. The van der Waals surface area contributed by atoms with Gasteiger partial charge in [-0.3, -0.25) is 4.79 Å². The van der Waals surface area contributed by atoms with E-state index in [-0.39, 0.29) is 16.8 Å². The van der Waals surface area contributed by atoms with Gasteiger partial charge in [0.2, 0.25) is 0 Å². The lowest BCUT2D eigenvalue weighted by Crippen LogP contribution is -2.15. The standard InChI is InChI=1S/C14H9BrFNO4/c15-10-3-1-2-9(14(20)21)12(10)17-13(19)8-5-4-7(16)6-11(8)18/h1-6,18H,(H,17,19)(H,20,21). The number of benzene rings is 2. The third-order valence-corrected chi connectivity index (χ3v) is 3.35. The minimum Gasteiger partial charge on any atom is -0.507 e. The number of aromatic hydroxyl groups is 1. The van der Waals surface area contributed by atoms with Crippen LogP contribution in [0.2, 0.25) is 0 Å². The maximum atomic E-state index is 12.9. The fourth-order valence-electron chi connectivity index (χ4n) is 1.71. The number of carbonyl (C=O) groups is 2. The Morgan fingerprint density at radius 3 is 2.48 bits per heavy atom. The predicted molar refractivity (Wildman–Crippen MR) is 77.1 cm³/mol. The molecule has 0 fully saturated rings. The zero-order valence-electron chi connectivity index (χ0n) is 10.4. The molecule has 0 aliphatic heterocycles. The number of halogens is 2. The van der Waals surface area contributed by atoms with Gasteiger partial charge < -0.3 is 15.5 Å². The zero-order chi connectivity index (χ0) is 15.6. The molecule has 2 aromatic rings. The van der Waals surface area contributed by atoms with E-state index in [4.69, 9.17) is 5.11 Å². The van der Waals surface area contributed by atoms with Crippen molar-refractivity contribution < 1.29 is 24.2 Å². The summed E-state index contributed by atoms with van der Waals surface area (Å²) in [6.45, 7) is 0. The largest absolute Gasteiger partial charge is 0.507 e. The molecule has 21 heavy (non-hydrogen) atoms.